The number of benzene rings is 4. The van der Waals surface area contributed by atoms with Crippen LogP contribution in [0.4, 0.5) is 0 Å². The molecule has 0 spiro atoms. The summed E-state index contributed by atoms with van der Waals surface area (Å²) in [7, 11) is 0. The number of hydrogen-bond donors (Lipinski definition) is 0. The van der Waals surface area contributed by atoms with Crippen LogP contribution in [0.5, 0.6) is 0 Å². The monoisotopic (exact) mass is 678 g/mol. The summed E-state index contributed by atoms with van der Waals surface area (Å²) in [5.41, 5.74) is 9.02. The molecule has 0 bridgehead atoms. The van der Waals surface area contributed by atoms with Gasteiger partial charge in [-0.1, -0.05) is 83.9 Å². The van der Waals surface area contributed by atoms with Crippen molar-refractivity contribution < 1.29 is 20.1 Å². The first-order valence-corrected chi connectivity index (χ1v) is 12.7. The summed E-state index contributed by atoms with van der Waals surface area (Å²) >= 11 is 0. The van der Waals surface area contributed by atoms with E-state index in [0.717, 1.165) is 22.5 Å². The van der Waals surface area contributed by atoms with Crippen LogP contribution in [0, 0.1) is 19.1 Å². The zero-order valence-corrected chi connectivity index (χ0v) is 23.6. The Balaban J connectivity index is 0.000000180. The van der Waals surface area contributed by atoms with Crippen LogP contribution in [0.15, 0.2) is 122 Å². The molecule has 189 valence electrons. The first-order valence-electron chi connectivity index (χ1n) is 12.7. The number of rotatable bonds is 2. The second-order valence-corrected chi connectivity index (χ2v) is 9.35. The molecule has 4 aromatic heterocycles. The van der Waals surface area contributed by atoms with E-state index in [0.29, 0.717) is 0 Å². The molecule has 0 aliphatic rings. The first kappa shape index (κ1) is 24.9. The van der Waals surface area contributed by atoms with Gasteiger partial charge in [0, 0.05) is 60.0 Å². The number of para-hydroxylation sites is 2. The molecule has 8 aromatic rings. The van der Waals surface area contributed by atoms with Crippen molar-refractivity contribution >= 4 is 38.1 Å². The minimum Gasteiger partial charge on any atom is -0.348 e. The fourth-order valence-electron chi connectivity index (χ4n) is 5.34. The van der Waals surface area contributed by atoms with Gasteiger partial charge in [0.25, 0.3) is 0 Å². The fraction of sp³-hybridized carbons (Fsp3) is 0.0286. The van der Waals surface area contributed by atoms with Gasteiger partial charge in [0.1, 0.15) is 0 Å². The second kappa shape index (κ2) is 10.4. The maximum Gasteiger partial charge on any atom is 0.0463 e. The quantitative estimate of drug-likeness (QED) is 0.172. The Hall–Kier alpha value is -4.37. The van der Waals surface area contributed by atoms with E-state index >= 15 is 0 Å². The summed E-state index contributed by atoms with van der Waals surface area (Å²) in [5, 5.41) is 5.04. The van der Waals surface area contributed by atoms with Crippen molar-refractivity contribution in [2.24, 2.45) is 0 Å². The van der Waals surface area contributed by atoms with Gasteiger partial charge in [-0.05, 0) is 29.4 Å². The normalized spacial score (nSPS) is 11.0. The molecule has 4 heterocycles. The van der Waals surface area contributed by atoms with E-state index in [1.807, 2.05) is 60.8 Å². The van der Waals surface area contributed by atoms with Crippen LogP contribution in [0.25, 0.3) is 60.6 Å². The van der Waals surface area contributed by atoms with Gasteiger partial charge in [-0.2, -0.15) is 0 Å². The number of fused-ring (bicyclic) bond motifs is 6. The van der Waals surface area contributed by atoms with Crippen LogP contribution in [-0.4, -0.2) is 14.4 Å². The number of nitrogens with zero attached hydrogens (tertiary/aromatic N) is 3. The SMILES string of the molecule is Cc1cc2c([c-]c1-c1ccccn1)c1cccc3c4ccccc4n2c13.[Ir].[c-]1ccccc1-c1ccccn1. The molecule has 0 saturated heterocycles. The van der Waals surface area contributed by atoms with E-state index in [1.54, 1.807) is 6.20 Å². The molecule has 0 unspecified atom stereocenters. The molecule has 0 saturated carbocycles. The number of aryl methyl sites for hydroxylation is 1. The molecule has 0 N–H and O–H groups in total. The summed E-state index contributed by atoms with van der Waals surface area (Å²) < 4.78 is 2.39. The van der Waals surface area contributed by atoms with Crippen molar-refractivity contribution in [3.05, 3.63) is 139 Å². The van der Waals surface area contributed by atoms with E-state index in [9.17, 15) is 0 Å². The first-order chi connectivity index (χ1) is 18.8. The predicted octanol–water partition coefficient (Wildman–Crippen LogP) is 8.55. The van der Waals surface area contributed by atoms with Crippen molar-refractivity contribution in [2.45, 2.75) is 6.92 Å². The Morgan fingerprint density at radius 2 is 1.33 bits per heavy atom. The smallest absolute Gasteiger partial charge is 0.0463 e. The zero-order chi connectivity index (χ0) is 25.5. The summed E-state index contributed by atoms with van der Waals surface area (Å²) in [6.07, 6.45) is 3.63. The topological polar surface area (TPSA) is 30.2 Å². The summed E-state index contributed by atoms with van der Waals surface area (Å²) in [5.74, 6) is 0. The van der Waals surface area contributed by atoms with Crippen LogP contribution in [0.3, 0.4) is 0 Å². The molecule has 0 atom stereocenters. The standard InChI is InChI=1S/C24H15N2.C11H8N.Ir/c1-15-13-23-20(14-19(15)21-10-4-5-12-25-21)18-9-6-8-17-16-7-2-3-11-22(16)26(23)24(17)18;1-2-6-10(7-3-1)11-8-4-5-9-12-11;/h2-13H,1H3;1-6,8-9H;/q2*-1;. The molecule has 4 heteroatoms. The molecule has 1 radical (unpaired) electrons. The average molecular weight is 678 g/mol. The predicted molar refractivity (Wildman–Crippen MR) is 156 cm³/mol. The van der Waals surface area contributed by atoms with Gasteiger partial charge < -0.3 is 9.38 Å². The molecule has 8 rings (SSSR count). The van der Waals surface area contributed by atoms with E-state index in [2.05, 4.69) is 88.0 Å². The number of aromatic nitrogens is 3. The Bertz CT molecular complexity index is 1980. The molecule has 0 aliphatic heterocycles. The summed E-state index contributed by atoms with van der Waals surface area (Å²) in [6, 6.07) is 44.0. The van der Waals surface area contributed by atoms with Crippen molar-refractivity contribution in [1.29, 1.82) is 0 Å². The van der Waals surface area contributed by atoms with Crippen molar-refractivity contribution in [1.82, 2.24) is 14.4 Å². The third-order valence-corrected chi connectivity index (χ3v) is 7.03. The van der Waals surface area contributed by atoms with E-state index in [1.165, 1.54) is 43.7 Å². The van der Waals surface area contributed by atoms with Gasteiger partial charge in [-0.25, -0.2) is 0 Å². The van der Waals surface area contributed by atoms with Gasteiger partial charge in [-0.15, -0.1) is 53.6 Å². The van der Waals surface area contributed by atoms with Crippen LogP contribution >= 0.6 is 0 Å². The van der Waals surface area contributed by atoms with Crippen LogP contribution in [0.1, 0.15) is 5.56 Å². The van der Waals surface area contributed by atoms with Crippen molar-refractivity contribution in [3.63, 3.8) is 0 Å². The summed E-state index contributed by atoms with van der Waals surface area (Å²) in [4.78, 5) is 8.75. The van der Waals surface area contributed by atoms with Gasteiger partial charge in [-0.3, -0.25) is 4.98 Å². The average Bonchev–Trinajstić information content (AvgIpc) is 3.50. The second-order valence-electron chi connectivity index (χ2n) is 9.35. The largest absolute Gasteiger partial charge is 0.348 e. The molecule has 4 aromatic carbocycles. The maximum atomic E-state index is 4.53. The van der Waals surface area contributed by atoms with Crippen molar-refractivity contribution in [2.75, 3.05) is 0 Å². The molecule has 39 heavy (non-hydrogen) atoms. The van der Waals surface area contributed by atoms with Gasteiger partial charge in [0.05, 0.1) is 0 Å². The van der Waals surface area contributed by atoms with Crippen molar-refractivity contribution in [3.8, 4) is 22.5 Å². The van der Waals surface area contributed by atoms with Crippen LogP contribution < -0.4 is 0 Å². The van der Waals surface area contributed by atoms with E-state index in [-0.39, 0.29) is 20.1 Å². The maximum absolute atomic E-state index is 4.53. The molecule has 0 amide bonds. The Morgan fingerprint density at radius 1 is 0.641 bits per heavy atom. The van der Waals surface area contributed by atoms with Gasteiger partial charge in [0.2, 0.25) is 0 Å². The Labute approximate surface area is 240 Å². The minimum atomic E-state index is 0. The van der Waals surface area contributed by atoms with Crippen LogP contribution in [-0.2, 0) is 20.1 Å². The van der Waals surface area contributed by atoms with E-state index < -0.39 is 0 Å². The van der Waals surface area contributed by atoms with E-state index in [4.69, 9.17) is 0 Å². The molecule has 0 aliphatic carbocycles. The Morgan fingerprint density at radius 3 is 2.08 bits per heavy atom. The zero-order valence-electron chi connectivity index (χ0n) is 21.2. The van der Waals surface area contributed by atoms with Crippen LogP contribution in [0.2, 0.25) is 0 Å². The molecule has 0 fully saturated rings. The Kier molecular flexibility index (Phi) is 6.66. The third kappa shape index (κ3) is 4.28. The minimum absolute atomic E-state index is 0. The fourth-order valence-corrected chi connectivity index (χ4v) is 5.34. The molecule has 3 nitrogen and oxygen atoms in total. The molecular weight excluding hydrogens is 655 g/mol. The van der Waals surface area contributed by atoms with Gasteiger partial charge in [0.15, 0.2) is 0 Å². The van der Waals surface area contributed by atoms with Gasteiger partial charge >= 0.3 is 0 Å². The number of hydrogen-bond acceptors (Lipinski definition) is 2. The molecular formula is C35H23IrN3-2. The number of pyridine rings is 2. The summed E-state index contributed by atoms with van der Waals surface area (Å²) in [6.45, 7) is 2.15. The third-order valence-electron chi connectivity index (χ3n) is 7.03.